The van der Waals surface area contributed by atoms with E-state index in [1.54, 1.807) is 0 Å². The van der Waals surface area contributed by atoms with Crippen LogP contribution in [-0.4, -0.2) is 31.2 Å². The van der Waals surface area contributed by atoms with Crippen molar-refractivity contribution in [3.8, 4) is 0 Å². The van der Waals surface area contributed by atoms with Crippen molar-refractivity contribution in [2.45, 2.75) is 25.8 Å². The second-order valence-electron chi connectivity index (χ2n) is 8.31. The fraction of sp³-hybridized carbons (Fsp3) is 0.360. The van der Waals surface area contributed by atoms with Crippen LogP contribution in [0.4, 0.5) is 11.4 Å². The van der Waals surface area contributed by atoms with Crippen molar-refractivity contribution in [3.05, 3.63) is 78.2 Å². The predicted molar refractivity (Wildman–Crippen MR) is 123 cm³/mol. The number of carbonyl (C=O) groups excluding carboxylic acids is 1. The normalized spacial score (nSPS) is 18.5. The summed E-state index contributed by atoms with van der Waals surface area (Å²) in [7, 11) is 2.05. The number of aromatic nitrogens is 1. The molecule has 162 valence electrons. The van der Waals surface area contributed by atoms with E-state index in [9.17, 15) is 4.79 Å². The molecule has 4 rings (SSSR count). The summed E-state index contributed by atoms with van der Waals surface area (Å²) in [6.45, 7) is 2.52. The number of piperidine rings is 1. The van der Waals surface area contributed by atoms with Crippen LogP contribution in [-0.2, 0) is 17.8 Å². The number of rotatable bonds is 8. The molecule has 1 aliphatic rings. The standard InChI is InChI=1S/C25H30N4O2/c1-29(23-10-6-3-7-11-23)18-24-16-22(28-31-24)14-20-17-26-13-12-19(20)15-25(30)27-21-8-4-2-5-9-21/h2-11,16,19-20,26H,12-15,17-18H2,1H3,(H,27,30). The summed E-state index contributed by atoms with van der Waals surface area (Å²) in [6, 6.07) is 21.9. The van der Waals surface area contributed by atoms with Gasteiger partial charge in [0.15, 0.2) is 5.76 Å². The highest BCUT2D eigenvalue weighted by molar-refractivity contribution is 5.90. The quantitative estimate of drug-likeness (QED) is 0.576. The topological polar surface area (TPSA) is 70.4 Å². The maximum absolute atomic E-state index is 12.6. The average molecular weight is 419 g/mol. The minimum Gasteiger partial charge on any atom is -0.367 e. The number of carbonyl (C=O) groups is 1. The molecule has 1 saturated heterocycles. The van der Waals surface area contributed by atoms with Gasteiger partial charge in [-0.1, -0.05) is 41.6 Å². The molecule has 6 heteroatoms. The highest BCUT2D eigenvalue weighted by atomic mass is 16.5. The zero-order chi connectivity index (χ0) is 21.5. The summed E-state index contributed by atoms with van der Waals surface area (Å²) >= 11 is 0. The van der Waals surface area contributed by atoms with E-state index in [1.807, 2.05) is 55.6 Å². The third-order valence-electron chi connectivity index (χ3n) is 5.94. The maximum Gasteiger partial charge on any atom is 0.224 e. The van der Waals surface area contributed by atoms with Gasteiger partial charge in [0.25, 0.3) is 0 Å². The fourth-order valence-corrected chi connectivity index (χ4v) is 4.26. The Labute approximate surface area is 183 Å². The summed E-state index contributed by atoms with van der Waals surface area (Å²) in [5.41, 5.74) is 2.95. The van der Waals surface area contributed by atoms with Gasteiger partial charge in [-0.05, 0) is 62.0 Å². The van der Waals surface area contributed by atoms with Gasteiger partial charge in [-0.2, -0.15) is 0 Å². The van der Waals surface area contributed by atoms with Gasteiger partial charge >= 0.3 is 0 Å². The molecule has 1 aliphatic heterocycles. The van der Waals surface area contributed by atoms with Crippen LogP contribution in [0.15, 0.2) is 71.3 Å². The summed E-state index contributed by atoms with van der Waals surface area (Å²) in [5, 5.41) is 10.8. The first-order valence-corrected chi connectivity index (χ1v) is 10.9. The van der Waals surface area contributed by atoms with Gasteiger partial charge in [0.05, 0.1) is 12.2 Å². The Bertz CT molecular complexity index is 958. The molecular formula is C25H30N4O2. The zero-order valence-electron chi connectivity index (χ0n) is 18.0. The second kappa shape index (κ2) is 10.3. The van der Waals surface area contributed by atoms with Crippen LogP contribution in [0.25, 0.3) is 0 Å². The van der Waals surface area contributed by atoms with Crippen LogP contribution in [0.1, 0.15) is 24.3 Å². The van der Waals surface area contributed by atoms with E-state index in [0.29, 0.717) is 24.8 Å². The van der Waals surface area contributed by atoms with Crippen molar-refractivity contribution >= 4 is 17.3 Å². The Morgan fingerprint density at radius 3 is 2.65 bits per heavy atom. The first-order valence-electron chi connectivity index (χ1n) is 10.9. The fourth-order valence-electron chi connectivity index (χ4n) is 4.26. The second-order valence-corrected chi connectivity index (χ2v) is 8.31. The summed E-state index contributed by atoms with van der Waals surface area (Å²) in [6.07, 6.45) is 2.34. The van der Waals surface area contributed by atoms with Crippen LogP contribution < -0.4 is 15.5 Å². The van der Waals surface area contributed by atoms with Crippen molar-refractivity contribution in [2.24, 2.45) is 11.8 Å². The van der Waals surface area contributed by atoms with Crippen molar-refractivity contribution in [2.75, 3.05) is 30.4 Å². The summed E-state index contributed by atoms with van der Waals surface area (Å²) in [5.74, 6) is 1.62. The molecule has 0 aliphatic carbocycles. The Morgan fingerprint density at radius 2 is 1.87 bits per heavy atom. The Morgan fingerprint density at radius 1 is 1.13 bits per heavy atom. The molecule has 31 heavy (non-hydrogen) atoms. The zero-order valence-corrected chi connectivity index (χ0v) is 18.0. The SMILES string of the molecule is CN(Cc1cc(CC2CNCCC2CC(=O)Nc2ccccc2)no1)c1ccccc1. The number of nitrogens with one attached hydrogen (secondary N) is 2. The van der Waals surface area contributed by atoms with E-state index >= 15 is 0 Å². The van der Waals surface area contributed by atoms with E-state index in [0.717, 1.165) is 48.8 Å². The summed E-state index contributed by atoms with van der Waals surface area (Å²) < 4.78 is 5.60. The lowest BCUT2D eigenvalue weighted by Gasteiger charge is -2.31. The number of amides is 1. The lowest BCUT2D eigenvalue weighted by Crippen LogP contribution is -2.39. The molecular weight excluding hydrogens is 388 g/mol. The van der Waals surface area contributed by atoms with E-state index in [2.05, 4.69) is 38.9 Å². The van der Waals surface area contributed by atoms with Gasteiger partial charge in [0.2, 0.25) is 5.91 Å². The first kappa shape index (κ1) is 21.1. The number of nitrogens with zero attached hydrogens (tertiary/aromatic N) is 2. The van der Waals surface area contributed by atoms with Gasteiger partial charge in [-0.25, -0.2) is 0 Å². The molecule has 0 spiro atoms. The molecule has 0 bridgehead atoms. The molecule has 0 saturated carbocycles. The van der Waals surface area contributed by atoms with Crippen LogP contribution in [0.5, 0.6) is 0 Å². The molecule has 2 N–H and O–H groups in total. The lowest BCUT2D eigenvalue weighted by molar-refractivity contribution is -0.117. The Balaban J connectivity index is 1.33. The van der Waals surface area contributed by atoms with Gasteiger partial charge in [-0.15, -0.1) is 0 Å². The van der Waals surface area contributed by atoms with E-state index in [-0.39, 0.29) is 5.91 Å². The van der Waals surface area contributed by atoms with Crippen molar-refractivity contribution in [1.82, 2.24) is 10.5 Å². The van der Waals surface area contributed by atoms with E-state index in [4.69, 9.17) is 4.52 Å². The molecule has 2 unspecified atom stereocenters. The van der Waals surface area contributed by atoms with Gasteiger partial charge in [0, 0.05) is 30.9 Å². The van der Waals surface area contributed by atoms with E-state index < -0.39 is 0 Å². The largest absolute Gasteiger partial charge is 0.367 e. The van der Waals surface area contributed by atoms with Crippen molar-refractivity contribution in [3.63, 3.8) is 0 Å². The molecule has 2 atom stereocenters. The van der Waals surface area contributed by atoms with Crippen LogP contribution in [0, 0.1) is 11.8 Å². The highest BCUT2D eigenvalue weighted by Gasteiger charge is 2.28. The molecule has 2 aromatic carbocycles. The maximum atomic E-state index is 12.6. The summed E-state index contributed by atoms with van der Waals surface area (Å²) in [4.78, 5) is 14.7. The predicted octanol–water partition coefficient (Wildman–Crippen LogP) is 4.11. The smallest absolute Gasteiger partial charge is 0.224 e. The Hall–Kier alpha value is -3.12. The Kier molecular flexibility index (Phi) is 6.99. The molecule has 6 nitrogen and oxygen atoms in total. The minimum atomic E-state index is 0.0772. The lowest BCUT2D eigenvalue weighted by atomic mass is 9.81. The number of hydrogen-bond donors (Lipinski definition) is 2. The molecule has 1 fully saturated rings. The molecule has 1 amide bonds. The van der Waals surface area contributed by atoms with Crippen molar-refractivity contribution in [1.29, 1.82) is 0 Å². The number of benzene rings is 2. The van der Waals surface area contributed by atoms with Gasteiger partial charge < -0.3 is 20.1 Å². The molecule has 3 aromatic rings. The van der Waals surface area contributed by atoms with Gasteiger partial charge in [0.1, 0.15) is 0 Å². The number of anilines is 2. The van der Waals surface area contributed by atoms with Crippen LogP contribution in [0.2, 0.25) is 0 Å². The highest BCUT2D eigenvalue weighted by Crippen LogP contribution is 2.27. The monoisotopic (exact) mass is 418 g/mol. The molecule has 0 radical (unpaired) electrons. The molecule has 1 aromatic heterocycles. The van der Waals surface area contributed by atoms with Gasteiger partial charge in [-0.3, -0.25) is 4.79 Å². The number of hydrogen-bond acceptors (Lipinski definition) is 5. The average Bonchev–Trinajstić information content (AvgIpc) is 3.23. The third kappa shape index (κ3) is 5.95. The van der Waals surface area contributed by atoms with Crippen LogP contribution in [0.3, 0.4) is 0 Å². The van der Waals surface area contributed by atoms with Crippen LogP contribution >= 0.6 is 0 Å². The van der Waals surface area contributed by atoms with E-state index in [1.165, 1.54) is 0 Å². The van der Waals surface area contributed by atoms with Crippen molar-refractivity contribution < 1.29 is 9.32 Å². The third-order valence-corrected chi connectivity index (χ3v) is 5.94. The molecule has 2 heterocycles. The number of para-hydroxylation sites is 2. The minimum absolute atomic E-state index is 0.0772. The first-order chi connectivity index (χ1) is 15.2.